The molecule has 1 aromatic heterocycles. The number of benzene rings is 1. The average molecular weight is 207 g/mol. The second-order valence-corrected chi connectivity index (χ2v) is 3.40. The largest absolute Gasteiger partial charge is 0.287 e. The highest BCUT2D eigenvalue weighted by molar-refractivity contribution is 7.07. The van der Waals surface area contributed by atoms with Crippen molar-refractivity contribution in [3.05, 3.63) is 52.2 Å². The molecule has 0 atom stereocenters. The van der Waals surface area contributed by atoms with Gasteiger partial charge < -0.3 is 0 Å². The monoisotopic (exact) mass is 207 g/mol. The van der Waals surface area contributed by atoms with Gasteiger partial charge in [0.1, 0.15) is 11.5 Å². The van der Waals surface area contributed by atoms with Gasteiger partial charge in [-0.05, 0) is 12.1 Å². The number of ketones is 1. The molecule has 0 saturated heterocycles. The highest BCUT2D eigenvalue weighted by Crippen LogP contribution is 2.12. The fraction of sp³-hybridized carbons (Fsp3) is 0. The number of hydrogen-bond donors (Lipinski definition) is 0. The molecule has 0 bridgehead atoms. The molecule has 2 aromatic rings. The van der Waals surface area contributed by atoms with E-state index in [1.54, 1.807) is 23.0 Å². The van der Waals surface area contributed by atoms with Crippen molar-refractivity contribution in [2.75, 3.05) is 0 Å². The molecule has 0 spiro atoms. The van der Waals surface area contributed by atoms with Gasteiger partial charge >= 0.3 is 0 Å². The topological polar surface area (TPSA) is 30.0 Å². The zero-order valence-electron chi connectivity index (χ0n) is 7.11. The molecule has 4 heteroatoms. The van der Waals surface area contributed by atoms with Gasteiger partial charge in [0, 0.05) is 5.38 Å². The van der Waals surface area contributed by atoms with Crippen LogP contribution < -0.4 is 0 Å². The Morgan fingerprint density at radius 2 is 2.14 bits per heavy atom. The lowest BCUT2D eigenvalue weighted by molar-refractivity contribution is 0.103. The number of thiazole rings is 1. The molecule has 0 unspecified atom stereocenters. The van der Waals surface area contributed by atoms with Crippen LogP contribution in [0, 0.1) is 5.82 Å². The Hall–Kier alpha value is -1.55. The molecule has 0 saturated carbocycles. The fourth-order valence-electron chi connectivity index (χ4n) is 1.11. The van der Waals surface area contributed by atoms with Crippen LogP contribution in [0.25, 0.3) is 0 Å². The normalized spacial score (nSPS) is 10.1. The van der Waals surface area contributed by atoms with Gasteiger partial charge in [0.05, 0.1) is 11.1 Å². The van der Waals surface area contributed by atoms with E-state index in [1.165, 1.54) is 23.5 Å². The van der Waals surface area contributed by atoms with Crippen LogP contribution in [0.1, 0.15) is 16.1 Å². The molecular formula is C10H6FNOS. The third-order valence-corrected chi connectivity index (χ3v) is 2.37. The lowest BCUT2D eigenvalue weighted by Crippen LogP contribution is -2.03. The Morgan fingerprint density at radius 1 is 1.36 bits per heavy atom. The van der Waals surface area contributed by atoms with E-state index in [-0.39, 0.29) is 11.3 Å². The van der Waals surface area contributed by atoms with Crippen LogP contribution in [0.5, 0.6) is 0 Å². The minimum absolute atomic E-state index is 0.0680. The first-order valence-electron chi connectivity index (χ1n) is 3.96. The predicted molar refractivity (Wildman–Crippen MR) is 51.9 cm³/mol. The summed E-state index contributed by atoms with van der Waals surface area (Å²) in [4.78, 5) is 15.5. The molecule has 1 heterocycles. The molecule has 2 rings (SSSR count). The van der Waals surface area contributed by atoms with Crippen LogP contribution in [-0.4, -0.2) is 10.8 Å². The van der Waals surface area contributed by atoms with Crippen molar-refractivity contribution < 1.29 is 9.18 Å². The first kappa shape index (κ1) is 9.02. The summed E-state index contributed by atoms with van der Waals surface area (Å²) in [6.07, 6.45) is 0. The number of rotatable bonds is 2. The quantitative estimate of drug-likeness (QED) is 0.708. The van der Waals surface area contributed by atoms with Crippen molar-refractivity contribution in [3.8, 4) is 0 Å². The predicted octanol–water partition coefficient (Wildman–Crippen LogP) is 2.51. The molecular weight excluding hydrogens is 201 g/mol. The lowest BCUT2D eigenvalue weighted by atomic mass is 10.1. The van der Waals surface area contributed by atoms with Crippen molar-refractivity contribution >= 4 is 17.1 Å². The van der Waals surface area contributed by atoms with Crippen molar-refractivity contribution in [2.24, 2.45) is 0 Å². The summed E-state index contributed by atoms with van der Waals surface area (Å²) in [6.45, 7) is 0. The highest BCUT2D eigenvalue weighted by atomic mass is 32.1. The summed E-state index contributed by atoms with van der Waals surface area (Å²) in [5.74, 6) is -0.880. The van der Waals surface area contributed by atoms with Gasteiger partial charge in [-0.25, -0.2) is 9.37 Å². The van der Waals surface area contributed by atoms with E-state index in [1.807, 2.05) is 0 Å². The Morgan fingerprint density at radius 3 is 2.79 bits per heavy atom. The van der Waals surface area contributed by atoms with Gasteiger partial charge in [-0.2, -0.15) is 0 Å². The van der Waals surface area contributed by atoms with Crippen LogP contribution in [0.2, 0.25) is 0 Å². The van der Waals surface area contributed by atoms with Crippen molar-refractivity contribution in [1.29, 1.82) is 0 Å². The molecule has 0 amide bonds. The Kier molecular flexibility index (Phi) is 2.37. The third-order valence-electron chi connectivity index (χ3n) is 1.78. The highest BCUT2D eigenvalue weighted by Gasteiger charge is 2.14. The maximum absolute atomic E-state index is 13.2. The van der Waals surface area contributed by atoms with Crippen LogP contribution in [-0.2, 0) is 0 Å². The average Bonchev–Trinajstić information content (AvgIpc) is 2.70. The summed E-state index contributed by atoms with van der Waals surface area (Å²) in [5.41, 5.74) is 1.91. The number of carbonyl (C=O) groups is 1. The van der Waals surface area contributed by atoms with Gasteiger partial charge in [0.15, 0.2) is 0 Å². The van der Waals surface area contributed by atoms with Gasteiger partial charge in [-0.3, -0.25) is 4.79 Å². The number of carbonyl (C=O) groups excluding carboxylic acids is 1. The van der Waals surface area contributed by atoms with E-state index >= 15 is 0 Å². The minimum Gasteiger partial charge on any atom is -0.287 e. The molecule has 0 N–H and O–H groups in total. The Labute approximate surface area is 84.0 Å². The van der Waals surface area contributed by atoms with Crippen molar-refractivity contribution in [1.82, 2.24) is 4.98 Å². The molecule has 0 aliphatic heterocycles. The Balaban J connectivity index is 2.42. The molecule has 1 aromatic carbocycles. The number of nitrogens with zero attached hydrogens (tertiary/aromatic N) is 1. The van der Waals surface area contributed by atoms with Crippen LogP contribution in [0.4, 0.5) is 4.39 Å². The van der Waals surface area contributed by atoms with E-state index in [9.17, 15) is 9.18 Å². The summed E-state index contributed by atoms with van der Waals surface area (Å²) >= 11 is 1.31. The first-order valence-corrected chi connectivity index (χ1v) is 4.91. The second kappa shape index (κ2) is 3.67. The van der Waals surface area contributed by atoms with Crippen molar-refractivity contribution in [2.45, 2.75) is 0 Å². The zero-order chi connectivity index (χ0) is 9.97. The van der Waals surface area contributed by atoms with Crippen molar-refractivity contribution in [3.63, 3.8) is 0 Å². The second-order valence-electron chi connectivity index (χ2n) is 2.68. The van der Waals surface area contributed by atoms with E-state index in [0.29, 0.717) is 5.69 Å². The number of aromatic nitrogens is 1. The van der Waals surface area contributed by atoms with Gasteiger partial charge in [-0.15, -0.1) is 11.3 Å². The molecule has 2 nitrogen and oxygen atoms in total. The third kappa shape index (κ3) is 1.56. The molecule has 0 radical (unpaired) electrons. The van der Waals surface area contributed by atoms with E-state index in [0.717, 1.165) is 0 Å². The summed E-state index contributed by atoms with van der Waals surface area (Å²) in [6, 6.07) is 5.90. The molecule has 70 valence electrons. The summed E-state index contributed by atoms with van der Waals surface area (Å²) in [7, 11) is 0. The maximum atomic E-state index is 13.2. The Bertz CT molecular complexity index is 453. The summed E-state index contributed by atoms with van der Waals surface area (Å²) in [5, 5.41) is 1.61. The maximum Gasteiger partial charge on any atom is 0.215 e. The molecule has 0 aliphatic carbocycles. The first-order chi connectivity index (χ1) is 6.79. The number of hydrogen-bond acceptors (Lipinski definition) is 3. The van der Waals surface area contributed by atoms with E-state index in [4.69, 9.17) is 0 Å². The SMILES string of the molecule is O=C(c1cscn1)c1ccccc1F. The van der Waals surface area contributed by atoms with Gasteiger partial charge in [-0.1, -0.05) is 12.1 Å². The lowest BCUT2D eigenvalue weighted by Gasteiger charge is -1.98. The standard InChI is InChI=1S/C10H6FNOS/c11-8-4-2-1-3-7(8)10(13)9-5-14-6-12-9/h1-6H. The van der Waals surface area contributed by atoms with Crippen LogP contribution in [0.15, 0.2) is 35.2 Å². The van der Waals surface area contributed by atoms with Crippen LogP contribution in [0.3, 0.4) is 0 Å². The zero-order valence-corrected chi connectivity index (χ0v) is 7.92. The molecule has 14 heavy (non-hydrogen) atoms. The summed E-state index contributed by atoms with van der Waals surface area (Å²) < 4.78 is 13.2. The smallest absolute Gasteiger partial charge is 0.215 e. The van der Waals surface area contributed by atoms with E-state index < -0.39 is 5.82 Å². The fourth-order valence-corrected chi connectivity index (χ4v) is 1.64. The van der Waals surface area contributed by atoms with Gasteiger partial charge in [0.25, 0.3) is 0 Å². The number of halogens is 1. The molecule has 0 aliphatic rings. The van der Waals surface area contributed by atoms with Gasteiger partial charge in [0.2, 0.25) is 5.78 Å². The minimum atomic E-state index is -0.509. The van der Waals surface area contributed by atoms with E-state index in [2.05, 4.69) is 4.98 Å². The molecule has 0 fully saturated rings. The van der Waals surface area contributed by atoms with Crippen LogP contribution >= 0.6 is 11.3 Å².